The SMILES string of the molecule is COC(=O)c1ccccc1CCC(C=O)SCc1ccc(OC)cc1. The zero-order valence-electron chi connectivity index (χ0n) is 14.4. The van der Waals surface area contributed by atoms with Gasteiger partial charge in [0.15, 0.2) is 0 Å². The van der Waals surface area contributed by atoms with Crippen LogP contribution in [0, 0.1) is 0 Å². The number of benzene rings is 2. The molecule has 1 unspecified atom stereocenters. The van der Waals surface area contributed by atoms with Crippen LogP contribution in [0.3, 0.4) is 0 Å². The summed E-state index contributed by atoms with van der Waals surface area (Å²) in [6.07, 6.45) is 2.32. The molecule has 0 aliphatic rings. The van der Waals surface area contributed by atoms with E-state index in [0.29, 0.717) is 18.4 Å². The molecule has 0 bridgehead atoms. The second kappa shape index (κ2) is 9.89. The third-order valence-electron chi connectivity index (χ3n) is 3.90. The van der Waals surface area contributed by atoms with Crippen molar-refractivity contribution < 1.29 is 19.1 Å². The van der Waals surface area contributed by atoms with Gasteiger partial charge in [-0.25, -0.2) is 4.79 Å². The van der Waals surface area contributed by atoms with Crippen LogP contribution in [0.1, 0.15) is 27.9 Å². The molecule has 0 saturated carbocycles. The third-order valence-corrected chi connectivity index (χ3v) is 5.17. The second-order valence-corrected chi connectivity index (χ2v) is 6.75. The van der Waals surface area contributed by atoms with Crippen molar-refractivity contribution >= 4 is 24.0 Å². The first-order valence-corrected chi connectivity index (χ1v) is 9.09. The second-order valence-electron chi connectivity index (χ2n) is 5.52. The fourth-order valence-corrected chi connectivity index (χ4v) is 3.42. The van der Waals surface area contributed by atoms with E-state index < -0.39 is 0 Å². The summed E-state index contributed by atoms with van der Waals surface area (Å²) in [4.78, 5) is 23.2. The fourth-order valence-electron chi connectivity index (χ4n) is 2.46. The number of carbonyl (C=O) groups excluding carboxylic acids is 2. The summed E-state index contributed by atoms with van der Waals surface area (Å²) < 4.78 is 9.95. The van der Waals surface area contributed by atoms with E-state index in [2.05, 4.69) is 0 Å². The first-order valence-electron chi connectivity index (χ1n) is 8.04. The topological polar surface area (TPSA) is 52.6 Å². The Morgan fingerprint density at radius 3 is 2.48 bits per heavy atom. The molecule has 0 aliphatic carbocycles. The van der Waals surface area contributed by atoms with E-state index >= 15 is 0 Å². The molecule has 2 aromatic rings. The maximum Gasteiger partial charge on any atom is 0.338 e. The molecular weight excluding hydrogens is 336 g/mol. The molecular formula is C20H22O4S. The molecule has 2 rings (SSSR count). The van der Waals surface area contributed by atoms with Crippen LogP contribution in [0.25, 0.3) is 0 Å². The minimum atomic E-state index is -0.343. The van der Waals surface area contributed by atoms with Gasteiger partial charge in [0.25, 0.3) is 0 Å². The standard InChI is InChI=1S/C20H22O4S/c1-23-17-10-7-15(8-11-17)14-25-18(13-21)12-9-16-5-3-4-6-19(16)20(22)24-2/h3-8,10-11,13,18H,9,12,14H2,1-2H3. The first kappa shape index (κ1) is 19.1. The lowest BCUT2D eigenvalue weighted by molar-refractivity contribution is -0.107. The van der Waals surface area contributed by atoms with Crippen LogP contribution in [0.5, 0.6) is 5.75 Å². The number of ether oxygens (including phenoxy) is 2. The normalized spacial score (nSPS) is 11.6. The summed E-state index contributed by atoms with van der Waals surface area (Å²) in [6.45, 7) is 0. The van der Waals surface area contributed by atoms with Gasteiger partial charge in [-0.05, 0) is 42.2 Å². The molecule has 1 atom stereocenters. The smallest absolute Gasteiger partial charge is 0.338 e. The highest BCUT2D eigenvalue weighted by Gasteiger charge is 2.14. The van der Waals surface area contributed by atoms with E-state index in [1.807, 2.05) is 42.5 Å². The molecule has 0 aromatic heterocycles. The molecule has 0 radical (unpaired) electrons. The number of hydrogen-bond donors (Lipinski definition) is 0. The van der Waals surface area contributed by atoms with Crippen LogP contribution < -0.4 is 4.74 Å². The van der Waals surface area contributed by atoms with Gasteiger partial charge in [-0.3, -0.25) is 0 Å². The van der Waals surface area contributed by atoms with E-state index in [0.717, 1.165) is 28.9 Å². The van der Waals surface area contributed by atoms with Crippen molar-refractivity contribution in [1.29, 1.82) is 0 Å². The van der Waals surface area contributed by atoms with Gasteiger partial charge in [-0.2, -0.15) is 0 Å². The lowest BCUT2D eigenvalue weighted by Crippen LogP contribution is -2.10. The predicted molar refractivity (Wildman–Crippen MR) is 100 cm³/mol. The zero-order chi connectivity index (χ0) is 18.1. The highest BCUT2D eigenvalue weighted by Crippen LogP contribution is 2.23. The van der Waals surface area contributed by atoms with Crippen molar-refractivity contribution in [3.8, 4) is 5.75 Å². The van der Waals surface area contributed by atoms with Gasteiger partial charge in [-0.1, -0.05) is 30.3 Å². The number of hydrogen-bond acceptors (Lipinski definition) is 5. The Kier molecular flexibility index (Phi) is 7.54. The average molecular weight is 358 g/mol. The Morgan fingerprint density at radius 1 is 1.12 bits per heavy atom. The summed E-state index contributed by atoms with van der Waals surface area (Å²) in [5.74, 6) is 1.23. The monoisotopic (exact) mass is 358 g/mol. The van der Waals surface area contributed by atoms with Gasteiger partial charge in [-0.15, -0.1) is 11.8 Å². The highest BCUT2D eigenvalue weighted by molar-refractivity contribution is 7.99. The zero-order valence-corrected chi connectivity index (χ0v) is 15.3. The maximum absolute atomic E-state index is 11.8. The van der Waals surface area contributed by atoms with Gasteiger partial charge in [0, 0.05) is 5.75 Å². The van der Waals surface area contributed by atoms with Crippen molar-refractivity contribution in [3.63, 3.8) is 0 Å². The van der Waals surface area contributed by atoms with E-state index in [1.54, 1.807) is 24.9 Å². The van der Waals surface area contributed by atoms with Crippen molar-refractivity contribution in [3.05, 3.63) is 65.2 Å². The molecule has 132 valence electrons. The molecule has 0 spiro atoms. The summed E-state index contributed by atoms with van der Waals surface area (Å²) in [6, 6.07) is 15.2. The van der Waals surface area contributed by atoms with Crippen LogP contribution >= 0.6 is 11.8 Å². The summed E-state index contributed by atoms with van der Waals surface area (Å²) in [5, 5.41) is -0.118. The Hall–Kier alpha value is -2.27. The van der Waals surface area contributed by atoms with Crippen LogP contribution in [0.2, 0.25) is 0 Å². The van der Waals surface area contributed by atoms with Gasteiger partial charge in [0.2, 0.25) is 0 Å². The lowest BCUT2D eigenvalue weighted by atomic mass is 10.0. The molecule has 25 heavy (non-hydrogen) atoms. The van der Waals surface area contributed by atoms with Crippen molar-refractivity contribution in [2.45, 2.75) is 23.8 Å². The Balaban J connectivity index is 1.92. The molecule has 2 aromatic carbocycles. The lowest BCUT2D eigenvalue weighted by Gasteiger charge is -2.12. The number of carbonyl (C=O) groups is 2. The van der Waals surface area contributed by atoms with Gasteiger partial charge >= 0.3 is 5.97 Å². The largest absolute Gasteiger partial charge is 0.497 e. The van der Waals surface area contributed by atoms with E-state index in [4.69, 9.17) is 9.47 Å². The molecule has 0 amide bonds. The molecule has 0 fully saturated rings. The summed E-state index contributed by atoms with van der Waals surface area (Å²) in [5.41, 5.74) is 2.62. The maximum atomic E-state index is 11.8. The number of esters is 1. The van der Waals surface area contributed by atoms with E-state index in [9.17, 15) is 9.59 Å². The van der Waals surface area contributed by atoms with Crippen molar-refractivity contribution in [1.82, 2.24) is 0 Å². The number of aryl methyl sites for hydroxylation is 1. The highest BCUT2D eigenvalue weighted by atomic mass is 32.2. The number of thioether (sulfide) groups is 1. The molecule has 0 saturated heterocycles. The molecule has 4 nitrogen and oxygen atoms in total. The molecule has 0 aliphatic heterocycles. The van der Waals surface area contributed by atoms with Crippen LogP contribution in [-0.2, 0) is 21.7 Å². The van der Waals surface area contributed by atoms with Crippen LogP contribution in [0.4, 0.5) is 0 Å². The predicted octanol–water partition coefficient (Wildman–Crippen LogP) is 3.92. The quantitative estimate of drug-likeness (QED) is 0.502. The van der Waals surface area contributed by atoms with E-state index in [1.165, 1.54) is 7.11 Å². The first-order chi connectivity index (χ1) is 12.2. The number of aldehydes is 1. The van der Waals surface area contributed by atoms with Gasteiger partial charge in [0.1, 0.15) is 12.0 Å². The molecule has 0 N–H and O–H groups in total. The number of rotatable bonds is 9. The molecule has 0 heterocycles. The fraction of sp³-hybridized carbons (Fsp3) is 0.300. The Morgan fingerprint density at radius 2 is 1.84 bits per heavy atom. The van der Waals surface area contributed by atoms with Crippen molar-refractivity contribution in [2.75, 3.05) is 14.2 Å². The average Bonchev–Trinajstić information content (AvgIpc) is 2.68. The summed E-state index contributed by atoms with van der Waals surface area (Å²) >= 11 is 1.60. The van der Waals surface area contributed by atoms with Crippen LogP contribution in [-0.4, -0.2) is 31.7 Å². The van der Waals surface area contributed by atoms with Crippen molar-refractivity contribution in [2.24, 2.45) is 0 Å². The number of methoxy groups -OCH3 is 2. The minimum absolute atomic E-state index is 0.118. The molecule has 5 heteroatoms. The van der Waals surface area contributed by atoms with Gasteiger partial charge < -0.3 is 14.3 Å². The Bertz CT molecular complexity index is 697. The van der Waals surface area contributed by atoms with Gasteiger partial charge in [0.05, 0.1) is 25.0 Å². The summed E-state index contributed by atoms with van der Waals surface area (Å²) in [7, 11) is 3.01. The minimum Gasteiger partial charge on any atom is -0.497 e. The van der Waals surface area contributed by atoms with E-state index in [-0.39, 0.29) is 11.2 Å². The van der Waals surface area contributed by atoms with Crippen LogP contribution in [0.15, 0.2) is 48.5 Å². The Labute approximate surface area is 152 Å². The third kappa shape index (κ3) is 5.64.